The average molecular weight is 287 g/mol. The molecule has 108 valence electrons. The maximum absolute atomic E-state index is 13.3. The second-order valence-electron chi connectivity index (χ2n) is 4.51. The molecule has 0 fully saturated rings. The number of halogens is 2. The Balaban J connectivity index is 2.17. The van der Waals surface area contributed by atoms with Crippen LogP contribution in [0.25, 0.3) is 0 Å². The topological polar surface area (TPSA) is 35.2 Å². The second-order valence-corrected chi connectivity index (χ2v) is 4.51. The number of rotatable bonds is 3. The minimum Gasteiger partial charge on any atom is -0.489 e. The van der Waals surface area contributed by atoms with E-state index in [4.69, 9.17) is 10.5 Å². The van der Waals surface area contributed by atoms with Crippen LogP contribution >= 0.6 is 0 Å². The van der Waals surface area contributed by atoms with Crippen molar-refractivity contribution in [1.29, 1.82) is 0 Å². The van der Waals surface area contributed by atoms with Crippen molar-refractivity contribution in [1.82, 2.24) is 0 Å². The highest BCUT2D eigenvalue weighted by atomic mass is 19.1. The van der Waals surface area contributed by atoms with E-state index >= 15 is 0 Å². The highest BCUT2D eigenvalue weighted by Gasteiger charge is 2.05. The van der Waals surface area contributed by atoms with E-state index in [9.17, 15) is 8.78 Å². The highest BCUT2D eigenvalue weighted by Crippen LogP contribution is 2.18. The molecule has 0 unspecified atom stereocenters. The van der Waals surface area contributed by atoms with Crippen LogP contribution in [0.3, 0.4) is 0 Å². The van der Waals surface area contributed by atoms with Gasteiger partial charge in [-0.3, -0.25) is 0 Å². The zero-order chi connectivity index (χ0) is 15.2. The molecule has 2 rings (SSSR count). The smallest absolute Gasteiger partial charge is 0.126 e. The molecule has 0 radical (unpaired) electrons. The summed E-state index contributed by atoms with van der Waals surface area (Å²) >= 11 is 0. The van der Waals surface area contributed by atoms with Crippen LogP contribution in [0.2, 0.25) is 0 Å². The standard InChI is InChI=1S/C17H15F2NO/c1-12-9-16(6-7-17(12)19)21-11-14-4-5-15(18)10-13(14)3-2-8-20/h4-7,9-10H,8,11,20H2,1H3. The molecule has 0 amide bonds. The SMILES string of the molecule is Cc1cc(OCc2ccc(F)cc2C#CCN)ccc1F. The molecule has 0 atom stereocenters. The summed E-state index contributed by atoms with van der Waals surface area (Å²) in [7, 11) is 0. The summed E-state index contributed by atoms with van der Waals surface area (Å²) in [5.41, 5.74) is 7.13. The number of hydrogen-bond donors (Lipinski definition) is 1. The Labute approximate surface area is 122 Å². The first-order valence-electron chi connectivity index (χ1n) is 6.46. The minimum atomic E-state index is -0.363. The van der Waals surface area contributed by atoms with Gasteiger partial charge < -0.3 is 10.5 Å². The Morgan fingerprint density at radius 2 is 1.95 bits per heavy atom. The molecule has 0 aromatic heterocycles. The molecule has 2 aromatic carbocycles. The molecule has 2 aromatic rings. The van der Waals surface area contributed by atoms with E-state index in [1.807, 2.05) is 0 Å². The molecule has 0 spiro atoms. The van der Waals surface area contributed by atoms with E-state index in [0.29, 0.717) is 16.9 Å². The lowest BCUT2D eigenvalue weighted by molar-refractivity contribution is 0.305. The number of benzene rings is 2. The van der Waals surface area contributed by atoms with Gasteiger partial charge in [0.15, 0.2) is 0 Å². The van der Waals surface area contributed by atoms with E-state index in [0.717, 1.165) is 5.56 Å². The third-order valence-corrected chi connectivity index (χ3v) is 2.92. The van der Waals surface area contributed by atoms with Crippen LogP contribution in [0.4, 0.5) is 8.78 Å². The van der Waals surface area contributed by atoms with Gasteiger partial charge >= 0.3 is 0 Å². The molecule has 2 N–H and O–H groups in total. The van der Waals surface area contributed by atoms with Crippen molar-refractivity contribution < 1.29 is 13.5 Å². The second kappa shape index (κ2) is 6.87. The zero-order valence-electron chi connectivity index (χ0n) is 11.6. The quantitative estimate of drug-likeness (QED) is 0.880. The third kappa shape index (κ3) is 4.04. The summed E-state index contributed by atoms with van der Waals surface area (Å²) in [6.45, 7) is 2.09. The first-order chi connectivity index (χ1) is 10.1. The van der Waals surface area contributed by atoms with E-state index in [1.54, 1.807) is 25.1 Å². The first kappa shape index (κ1) is 15.0. The maximum atomic E-state index is 13.3. The number of hydrogen-bond acceptors (Lipinski definition) is 2. The fourth-order valence-corrected chi connectivity index (χ4v) is 1.81. The number of ether oxygens (including phenoxy) is 1. The van der Waals surface area contributed by atoms with E-state index in [-0.39, 0.29) is 24.8 Å². The van der Waals surface area contributed by atoms with Gasteiger partial charge in [0.25, 0.3) is 0 Å². The van der Waals surface area contributed by atoms with Gasteiger partial charge in [0.1, 0.15) is 24.0 Å². The Bertz CT molecular complexity index is 702. The normalized spacial score (nSPS) is 9.90. The van der Waals surface area contributed by atoms with E-state index in [1.165, 1.54) is 18.2 Å². The lowest BCUT2D eigenvalue weighted by atomic mass is 10.1. The van der Waals surface area contributed by atoms with Crippen LogP contribution in [0.1, 0.15) is 16.7 Å². The summed E-state index contributed by atoms with van der Waals surface area (Å²) in [4.78, 5) is 0. The number of nitrogens with two attached hydrogens (primary N) is 1. The fourth-order valence-electron chi connectivity index (χ4n) is 1.81. The Morgan fingerprint density at radius 1 is 1.14 bits per heavy atom. The van der Waals surface area contributed by atoms with Crippen molar-refractivity contribution in [2.45, 2.75) is 13.5 Å². The van der Waals surface area contributed by atoms with Crippen molar-refractivity contribution in [3.63, 3.8) is 0 Å². The van der Waals surface area contributed by atoms with Crippen LogP contribution in [0.15, 0.2) is 36.4 Å². The molecule has 0 saturated carbocycles. The molecule has 0 heterocycles. The van der Waals surface area contributed by atoms with Crippen molar-refractivity contribution in [3.8, 4) is 17.6 Å². The van der Waals surface area contributed by atoms with Gasteiger partial charge in [0.2, 0.25) is 0 Å². The summed E-state index contributed by atoms with van der Waals surface area (Å²) in [6.07, 6.45) is 0. The van der Waals surface area contributed by atoms with E-state index in [2.05, 4.69) is 11.8 Å². The summed E-state index contributed by atoms with van der Waals surface area (Å²) in [5.74, 6) is 5.42. The summed E-state index contributed by atoms with van der Waals surface area (Å²) in [5, 5.41) is 0. The van der Waals surface area contributed by atoms with Gasteiger partial charge in [-0.25, -0.2) is 8.78 Å². The fraction of sp³-hybridized carbons (Fsp3) is 0.176. The minimum absolute atomic E-state index is 0.202. The lowest BCUT2D eigenvalue weighted by Crippen LogP contribution is -2.00. The largest absolute Gasteiger partial charge is 0.489 e. The number of aryl methyl sites for hydroxylation is 1. The monoisotopic (exact) mass is 287 g/mol. The Morgan fingerprint density at radius 3 is 2.67 bits per heavy atom. The molecule has 0 aliphatic rings. The van der Waals surface area contributed by atoms with Gasteiger partial charge in [-0.1, -0.05) is 17.9 Å². The highest BCUT2D eigenvalue weighted by molar-refractivity contribution is 5.42. The summed E-state index contributed by atoms with van der Waals surface area (Å²) in [6, 6.07) is 8.83. The van der Waals surface area contributed by atoms with Gasteiger partial charge in [-0.05, 0) is 42.8 Å². The Hall–Kier alpha value is -2.38. The van der Waals surface area contributed by atoms with Crippen molar-refractivity contribution >= 4 is 0 Å². The maximum Gasteiger partial charge on any atom is 0.126 e. The molecule has 4 heteroatoms. The molecule has 0 aliphatic heterocycles. The predicted octanol–water partition coefficient (Wildman–Crippen LogP) is 3.16. The van der Waals surface area contributed by atoms with Crippen molar-refractivity contribution in [2.24, 2.45) is 5.73 Å². The third-order valence-electron chi connectivity index (χ3n) is 2.92. The zero-order valence-corrected chi connectivity index (χ0v) is 11.6. The van der Waals surface area contributed by atoms with Gasteiger partial charge in [-0.2, -0.15) is 0 Å². The van der Waals surface area contributed by atoms with E-state index < -0.39 is 0 Å². The lowest BCUT2D eigenvalue weighted by Gasteiger charge is -2.09. The molecule has 21 heavy (non-hydrogen) atoms. The van der Waals surface area contributed by atoms with Crippen LogP contribution in [0, 0.1) is 30.4 Å². The average Bonchev–Trinajstić information content (AvgIpc) is 2.47. The summed E-state index contributed by atoms with van der Waals surface area (Å²) < 4.78 is 32.0. The van der Waals surface area contributed by atoms with Crippen LogP contribution < -0.4 is 10.5 Å². The van der Waals surface area contributed by atoms with Gasteiger partial charge in [-0.15, -0.1) is 0 Å². The first-order valence-corrected chi connectivity index (χ1v) is 6.46. The van der Waals surface area contributed by atoms with Crippen LogP contribution in [0.5, 0.6) is 5.75 Å². The van der Waals surface area contributed by atoms with Crippen molar-refractivity contribution in [3.05, 3.63) is 64.7 Å². The Kier molecular flexibility index (Phi) is 4.91. The molecular formula is C17H15F2NO. The van der Waals surface area contributed by atoms with Crippen LogP contribution in [-0.2, 0) is 6.61 Å². The molecular weight excluding hydrogens is 272 g/mol. The van der Waals surface area contributed by atoms with Crippen LogP contribution in [-0.4, -0.2) is 6.54 Å². The predicted molar refractivity (Wildman–Crippen MR) is 77.8 cm³/mol. The molecule has 2 nitrogen and oxygen atoms in total. The molecule has 0 saturated heterocycles. The molecule has 0 aliphatic carbocycles. The molecule has 0 bridgehead atoms. The van der Waals surface area contributed by atoms with Gasteiger partial charge in [0, 0.05) is 11.1 Å². The van der Waals surface area contributed by atoms with Crippen molar-refractivity contribution in [2.75, 3.05) is 6.54 Å². The van der Waals surface area contributed by atoms with Gasteiger partial charge in [0.05, 0.1) is 6.54 Å².